The number of halogens is 4. The summed E-state index contributed by atoms with van der Waals surface area (Å²) in [6, 6.07) is 5.91. The zero-order valence-corrected chi connectivity index (χ0v) is 26.0. The Balaban J connectivity index is 1.70. The molecule has 2 heterocycles. The lowest BCUT2D eigenvalue weighted by molar-refractivity contribution is -0.130. The van der Waals surface area contributed by atoms with E-state index >= 15 is 0 Å². The number of nitrogens with zero attached hydrogens (tertiary/aromatic N) is 3. The zero-order valence-electron chi connectivity index (χ0n) is 26.0. The molecule has 2 fully saturated rings. The first-order valence-corrected chi connectivity index (χ1v) is 15.4. The largest absolute Gasteiger partial charge is 0.419 e. The lowest BCUT2D eigenvalue weighted by atomic mass is 9.95. The summed E-state index contributed by atoms with van der Waals surface area (Å²) in [6.07, 6.45) is 1.48. The number of carbonyl (C=O) groups is 1. The number of ether oxygens (including phenoxy) is 1. The SMILES string of the molecule is CCC/C=C(NCCCN1CCOCCC1=O)/C(=C\N=C(C)Nc1ccc(N2CCC(C)(F)CC2)cc1CC)C(F)(F)F. The maximum absolute atomic E-state index is 14.3. The van der Waals surface area contributed by atoms with E-state index in [-0.39, 0.29) is 18.1 Å². The number of alkyl halides is 4. The molecule has 0 spiro atoms. The molecule has 11 heteroatoms. The van der Waals surface area contributed by atoms with Crippen LogP contribution >= 0.6 is 0 Å². The Hall–Kier alpha value is -3.08. The van der Waals surface area contributed by atoms with E-state index in [4.69, 9.17) is 4.74 Å². The van der Waals surface area contributed by atoms with Crippen molar-refractivity contribution in [2.45, 2.75) is 84.5 Å². The van der Waals surface area contributed by atoms with Crippen molar-refractivity contribution < 1.29 is 27.1 Å². The van der Waals surface area contributed by atoms with E-state index in [1.165, 1.54) is 0 Å². The van der Waals surface area contributed by atoms with Crippen LogP contribution in [0, 0.1) is 0 Å². The number of anilines is 2. The van der Waals surface area contributed by atoms with Gasteiger partial charge in [0, 0.05) is 56.0 Å². The molecule has 0 aromatic heterocycles. The van der Waals surface area contributed by atoms with Gasteiger partial charge in [0.25, 0.3) is 0 Å². The molecule has 7 nitrogen and oxygen atoms in total. The van der Waals surface area contributed by atoms with Crippen molar-refractivity contribution in [2.75, 3.05) is 56.2 Å². The molecule has 0 unspecified atom stereocenters. The van der Waals surface area contributed by atoms with Crippen LogP contribution in [-0.2, 0) is 16.0 Å². The van der Waals surface area contributed by atoms with Crippen LogP contribution in [0.5, 0.6) is 0 Å². The number of nitrogens with one attached hydrogen (secondary N) is 2. The minimum absolute atomic E-state index is 0.00384. The van der Waals surface area contributed by atoms with Crippen LogP contribution in [-0.4, -0.2) is 74.4 Å². The van der Waals surface area contributed by atoms with E-state index in [9.17, 15) is 22.4 Å². The van der Waals surface area contributed by atoms with Gasteiger partial charge in [-0.2, -0.15) is 13.2 Å². The fourth-order valence-corrected chi connectivity index (χ4v) is 5.12. The molecule has 0 atom stereocenters. The number of unbranched alkanes of at least 4 members (excludes halogenated alkanes) is 1. The second kappa shape index (κ2) is 16.1. The van der Waals surface area contributed by atoms with Crippen LogP contribution in [0.2, 0.25) is 0 Å². The number of hydrogen-bond acceptors (Lipinski definition) is 5. The van der Waals surface area contributed by atoms with Gasteiger partial charge < -0.3 is 25.2 Å². The highest BCUT2D eigenvalue weighted by Gasteiger charge is 2.36. The van der Waals surface area contributed by atoms with Crippen molar-refractivity contribution >= 4 is 23.1 Å². The quantitative estimate of drug-likeness (QED) is 0.0901. The Morgan fingerprint density at radius 1 is 1.16 bits per heavy atom. The van der Waals surface area contributed by atoms with Crippen molar-refractivity contribution in [1.82, 2.24) is 10.2 Å². The number of aliphatic imine (C=N–C) groups is 1. The lowest BCUT2D eigenvalue weighted by Gasteiger charge is -2.36. The average Bonchev–Trinajstić information content (AvgIpc) is 3.16. The number of piperidine rings is 1. The van der Waals surface area contributed by atoms with Gasteiger partial charge in [0.2, 0.25) is 5.91 Å². The third-order valence-corrected chi connectivity index (χ3v) is 7.82. The van der Waals surface area contributed by atoms with E-state index in [0.717, 1.165) is 23.1 Å². The van der Waals surface area contributed by atoms with Gasteiger partial charge in [-0.05, 0) is 69.7 Å². The van der Waals surface area contributed by atoms with Gasteiger partial charge in [0.05, 0.1) is 25.2 Å². The fourth-order valence-electron chi connectivity index (χ4n) is 5.12. The normalized spacial score (nSPS) is 19.0. The van der Waals surface area contributed by atoms with Gasteiger partial charge in [0.15, 0.2) is 0 Å². The number of amidine groups is 1. The summed E-state index contributed by atoms with van der Waals surface area (Å²) in [4.78, 5) is 20.2. The summed E-state index contributed by atoms with van der Waals surface area (Å²) in [5, 5.41) is 6.11. The fraction of sp³-hybridized carbons (Fsp3) is 0.625. The van der Waals surface area contributed by atoms with Crippen molar-refractivity contribution in [3.05, 3.63) is 47.3 Å². The molecule has 0 saturated carbocycles. The van der Waals surface area contributed by atoms with Crippen molar-refractivity contribution in [2.24, 2.45) is 4.99 Å². The highest BCUT2D eigenvalue weighted by molar-refractivity contribution is 5.95. The lowest BCUT2D eigenvalue weighted by Crippen LogP contribution is -2.40. The maximum atomic E-state index is 14.3. The predicted octanol–water partition coefficient (Wildman–Crippen LogP) is 6.77. The topological polar surface area (TPSA) is 69.2 Å². The Kier molecular flexibility index (Phi) is 12.9. The first kappa shape index (κ1) is 34.4. The third-order valence-electron chi connectivity index (χ3n) is 7.82. The number of amides is 1. The first-order valence-electron chi connectivity index (χ1n) is 15.4. The van der Waals surface area contributed by atoms with Crippen molar-refractivity contribution in [3.63, 3.8) is 0 Å². The molecule has 0 aliphatic carbocycles. The summed E-state index contributed by atoms with van der Waals surface area (Å²) >= 11 is 0. The second-order valence-corrected chi connectivity index (χ2v) is 11.4. The molecule has 2 N–H and O–H groups in total. The predicted molar refractivity (Wildman–Crippen MR) is 165 cm³/mol. The number of aryl methyl sites for hydroxylation is 1. The molecule has 43 heavy (non-hydrogen) atoms. The van der Waals surface area contributed by atoms with Crippen LogP contribution in [0.25, 0.3) is 0 Å². The van der Waals surface area contributed by atoms with E-state index < -0.39 is 17.4 Å². The minimum Gasteiger partial charge on any atom is -0.385 e. The molecule has 0 bridgehead atoms. The van der Waals surface area contributed by atoms with Gasteiger partial charge in [-0.3, -0.25) is 4.79 Å². The monoisotopic (exact) mass is 609 g/mol. The number of carbonyl (C=O) groups excluding carboxylic acids is 1. The standard InChI is InChI=1S/C32H47F4N5O2/c1-5-7-9-29(37-15-8-16-41-19-21-43-20-12-30(41)42)27(32(34,35)36)23-38-24(3)39-28-11-10-26(22-25(28)6-2)40-17-13-31(4,33)14-18-40/h9-11,22-23,37H,5-8,12-21H2,1-4H3,(H,38,39)/b27-23+,29-9-. The van der Waals surface area contributed by atoms with Gasteiger partial charge >= 0.3 is 6.18 Å². The van der Waals surface area contributed by atoms with Crippen LogP contribution in [0.1, 0.15) is 71.8 Å². The third kappa shape index (κ3) is 10.9. The van der Waals surface area contributed by atoms with Gasteiger partial charge in [-0.1, -0.05) is 26.3 Å². The molecule has 1 aromatic rings. The molecule has 240 valence electrons. The first-order chi connectivity index (χ1) is 20.4. The molecule has 1 aromatic carbocycles. The number of benzene rings is 1. The maximum Gasteiger partial charge on any atom is 0.419 e. The number of allylic oxidation sites excluding steroid dienone is 2. The molecule has 2 aliphatic heterocycles. The molecular formula is C32H47F4N5O2. The van der Waals surface area contributed by atoms with Crippen LogP contribution in [0.4, 0.5) is 28.9 Å². The van der Waals surface area contributed by atoms with Crippen LogP contribution < -0.4 is 15.5 Å². The Bertz CT molecular complexity index is 1150. The summed E-state index contributed by atoms with van der Waals surface area (Å²) in [5.74, 6) is 0.330. The number of hydrogen-bond donors (Lipinski definition) is 2. The average molecular weight is 610 g/mol. The summed E-state index contributed by atoms with van der Waals surface area (Å²) < 4.78 is 62.3. The Morgan fingerprint density at radius 2 is 1.91 bits per heavy atom. The molecular weight excluding hydrogens is 562 g/mol. The second-order valence-electron chi connectivity index (χ2n) is 11.4. The van der Waals surface area contributed by atoms with Gasteiger partial charge in [0.1, 0.15) is 11.5 Å². The highest BCUT2D eigenvalue weighted by atomic mass is 19.4. The van der Waals surface area contributed by atoms with E-state index in [1.807, 2.05) is 26.0 Å². The zero-order chi connectivity index (χ0) is 31.5. The Labute approximate surface area is 253 Å². The summed E-state index contributed by atoms with van der Waals surface area (Å²) in [5.41, 5.74) is 0.789. The number of rotatable bonds is 12. The summed E-state index contributed by atoms with van der Waals surface area (Å²) in [6.45, 7) is 10.6. The van der Waals surface area contributed by atoms with Crippen molar-refractivity contribution in [1.29, 1.82) is 0 Å². The Morgan fingerprint density at radius 3 is 2.58 bits per heavy atom. The molecule has 3 rings (SSSR count). The molecule has 1 amide bonds. The highest BCUT2D eigenvalue weighted by Crippen LogP contribution is 2.32. The van der Waals surface area contributed by atoms with E-state index in [2.05, 4.69) is 26.6 Å². The van der Waals surface area contributed by atoms with E-state index in [0.29, 0.717) is 90.2 Å². The molecule has 0 radical (unpaired) electrons. The summed E-state index contributed by atoms with van der Waals surface area (Å²) in [7, 11) is 0. The van der Waals surface area contributed by atoms with Gasteiger partial charge in [-0.25, -0.2) is 9.38 Å². The molecule has 2 saturated heterocycles. The van der Waals surface area contributed by atoms with Gasteiger partial charge in [-0.15, -0.1) is 0 Å². The smallest absolute Gasteiger partial charge is 0.385 e. The van der Waals surface area contributed by atoms with Crippen LogP contribution in [0.15, 0.2) is 46.7 Å². The van der Waals surface area contributed by atoms with Crippen LogP contribution in [0.3, 0.4) is 0 Å². The van der Waals surface area contributed by atoms with E-state index in [1.54, 1.807) is 24.8 Å². The minimum atomic E-state index is -4.62. The van der Waals surface area contributed by atoms with Crippen molar-refractivity contribution in [3.8, 4) is 0 Å². The molecule has 2 aliphatic rings.